The zero-order valence-corrected chi connectivity index (χ0v) is 12.6. The smallest absolute Gasteiger partial charge is 0.250 e. The maximum absolute atomic E-state index is 12.8. The number of primary amides is 1. The Morgan fingerprint density at radius 2 is 2.27 bits per heavy atom. The summed E-state index contributed by atoms with van der Waals surface area (Å²) in [6, 6.07) is -0.317. The van der Waals surface area contributed by atoms with Crippen molar-refractivity contribution in [2.24, 2.45) is 12.8 Å². The summed E-state index contributed by atoms with van der Waals surface area (Å²) >= 11 is 0. The number of likely N-dealkylation sites (tertiary alicyclic amines) is 1. The first-order chi connectivity index (χ1) is 10.4. The van der Waals surface area contributed by atoms with E-state index in [1.54, 1.807) is 15.8 Å². The highest BCUT2D eigenvalue weighted by atomic mass is 16.3. The second-order valence-electron chi connectivity index (χ2n) is 6.14. The molecular formula is C14H21N5O3. The minimum Gasteiger partial charge on any atom is -0.379 e. The Labute approximate surface area is 128 Å². The minimum atomic E-state index is -1.52. The molecule has 2 aliphatic heterocycles. The number of nitrogens with zero attached hydrogens (tertiary/aromatic N) is 4. The average molecular weight is 307 g/mol. The third-order valence-electron chi connectivity index (χ3n) is 4.59. The van der Waals surface area contributed by atoms with Gasteiger partial charge in [0.05, 0.1) is 17.9 Å². The lowest BCUT2D eigenvalue weighted by molar-refractivity contribution is -0.136. The first kappa shape index (κ1) is 15.0. The predicted molar refractivity (Wildman–Crippen MR) is 78.9 cm³/mol. The molecule has 8 heteroatoms. The summed E-state index contributed by atoms with van der Waals surface area (Å²) in [6.07, 6.45) is 5.36. The molecule has 120 valence electrons. The number of piperidine rings is 1. The van der Waals surface area contributed by atoms with Crippen molar-refractivity contribution in [2.75, 3.05) is 24.5 Å². The van der Waals surface area contributed by atoms with Crippen LogP contribution in [0.3, 0.4) is 0 Å². The number of hydrogen-bond donors (Lipinski definition) is 2. The Morgan fingerprint density at radius 1 is 1.50 bits per heavy atom. The molecule has 3 rings (SSSR count). The molecule has 0 saturated carbocycles. The van der Waals surface area contributed by atoms with Crippen molar-refractivity contribution < 1.29 is 14.7 Å². The van der Waals surface area contributed by atoms with Crippen LogP contribution in [-0.2, 0) is 16.6 Å². The van der Waals surface area contributed by atoms with Gasteiger partial charge in [0, 0.05) is 32.9 Å². The SMILES string of the molecule is Cn1cc(N2CCCC(N3CCC(O)(C(N)=O)C3)C2=O)cn1. The molecular weight excluding hydrogens is 286 g/mol. The van der Waals surface area contributed by atoms with Crippen LogP contribution in [0.5, 0.6) is 0 Å². The second kappa shape index (κ2) is 5.36. The van der Waals surface area contributed by atoms with E-state index in [0.717, 1.165) is 18.5 Å². The van der Waals surface area contributed by atoms with Crippen molar-refractivity contribution in [3.63, 3.8) is 0 Å². The largest absolute Gasteiger partial charge is 0.379 e. The fourth-order valence-electron chi connectivity index (χ4n) is 3.29. The van der Waals surface area contributed by atoms with E-state index in [2.05, 4.69) is 5.10 Å². The summed E-state index contributed by atoms with van der Waals surface area (Å²) < 4.78 is 1.66. The van der Waals surface area contributed by atoms with Gasteiger partial charge in [-0.15, -0.1) is 0 Å². The predicted octanol–water partition coefficient (Wildman–Crippen LogP) is -1.16. The summed E-state index contributed by atoms with van der Waals surface area (Å²) in [7, 11) is 1.81. The zero-order valence-electron chi connectivity index (χ0n) is 12.6. The van der Waals surface area contributed by atoms with E-state index in [9.17, 15) is 14.7 Å². The van der Waals surface area contributed by atoms with Crippen molar-refractivity contribution in [3.8, 4) is 0 Å². The molecule has 0 aromatic carbocycles. The fourth-order valence-corrected chi connectivity index (χ4v) is 3.29. The van der Waals surface area contributed by atoms with Crippen LogP contribution in [0.15, 0.2) is 12.4 Å². The molecule has 3 N–H and O–H groups in total. The lowest BCUT2D eigenvalue weighted by atomic mass is 10.0. The maximum atomic E-state index is 12.8. The van der Waals surface area contributed by atoms with Gasteiger partial charge in [-0.2, -0.15) is 5.10 Å². The molecule has 2 saturated heterocycles. The van der Waals surface area contributed by atoms with Crippen LogP contribution in [0.25, 0.3) is 0 Å². The molecule has 1 aromatic heterocycles. The van der Waals surface area contributed by atoms with E-state index in [1.165, 1.54) is 0 Å². The fraction of sp³-hybridized carbons (Fsp3) is 0.643. The molecule has 2 aliphatic rings. The number of aliphatic hydroxyl groups is 1. The van der Waals surface area contributed by atoms with Crippen LogP contribution in [0.1, 0.15) is 19.3 Å². The van der Waals surface area contributed by atoms with Gasteiger partial charge in [-0.3, -0.25) is 19.2 Å². The van der Waals surface area contributed by atoms with Crippen molar-refractivity contribution in [2.45, 2.75) is 30.9 Å². The van der Waals surface area contributed by atoms with Crippen LogP contribution in [0.2, 0.25) is 0 Å². The molecule has 22 heavy (non-hydrogen) atoms. The summed E-state index contributed by atoms with van der Waals surface area (Å²) in [5.74, 6) is -0.727. The Morgan fingerprint density at radius 3 is 2.86 bits per heavy atom. The van der Waals surface area contributed by atoms with Crippen molar-refractivity contribution in [3.05, 3.63) is 12.4 Å². The van der Waals surface area contributed by atoms with Gasteiger partial charge in [0.2, 0.25) is 5.91 Å². The van der Waals surface area contributed by atoms with E-state index in [1.807, 2.05) is 18.1 Å². The molecule has 3 heterocycles. The number of carbonyl (C=O) groups is 2. The Kier molecular flexibility index (Phi) is 3.65. The number of aryl methyl sites for hydroxylation is 1. The van der Waals surface area contributed by atoms with Gasteiger partial charge in [-0.25, -0.2) is 0 Å². The van der Waals surface area contributed by atoms with Gasteiger partial charge in [0.15, 0.2) is 5.60 Å². The molecule has 2 atom stereocenters. The third kappa shape index (κ3) is 2.48. The first-order valence-corrected chi connectivity index (χ1v) is 7.47. The molecule has 0 bridgehead atoms. The lowest BCUT2D eigenvalue weighted by Crippen LogP contribution is -2.54. The van der Waals surface area contributed by atoms with E-state index in [4.69, 9.17) is 5.73 Å². The number of carbonyl (C=O) groups excluding carboxylic acids is 2. The molecule has 2 amide bonds. The lowest BCUT2D eigenvalue weighted by Gasteiger charge is -2.36. The average Bonchev–Trinajstić information content (AvgIpc) is 3.06. The number of aromatic nitrogens is 2. The van der Waals surface area contributed by atoms with Gasteiger partial charge in [-0.1, -0.05) is 0 Å². The standard InChI is InChI=1S/C14H21N5O3/c1-17-8-10(7-16-17)19-5-2-3-11(12(19)20)18-6-4-14(22,9-18)13(15)21/h7-8,11,22H,2-6,9H2,1H3,(H2,15,21). The number of β-amino-alcohol motifs (C(OH)–C–C–N with tert-alkyl or cyclic N) is 1. The Hall–Kier alpha value is -1.93. The molecule has 2 fully saturated rings. The highest BCUT2D eigenvalue weighted by Crippen LogP contribution is 2.29. The Balaban J connectivity index is 1.75. The topological polar surface area (TPSA) is 105 Å². The molecule has 0 radical (unpaired) electrons. The van der Waals surface area contributed by atoms with Crippen LogP contribution >= 0.6 is 0 Å². The number of rotatable bonds is 3. The summed E-state index contributed by atoms with van der Waals surface area (Å²) in [5.41, 5.74) is 4.52. The van der Waals surface area contributed by atoms with E-state index < -0.39 is 11.5 Å². The molecule has 1 aromatic rings. The van der Waals surface area contributed by atoms with E-state index in [-0.39, 0.29) is 24.9 Å². The van der Waals surface area contributed by atoms with E-state index in [0.29, 0.717) is 13.1 Å². The van der Waals surface area contributed by atoms with Crippen molar-refractivity contribution in [1.82, 2.24) is 14.7 Å². The number of anilines is 1. The van der Waals surface area contributed by atoms with Crippen molar-refractivity contribution in [1.29, 1.82) is 0 Å². The van der Waals surface area contributed by atoms with Gasteiger partial charge in [0.25, 0.3) is 5.91 Å². The zero-order chi connectivity index (χ0) is 15.9. The van der Waals surface area contributed by atoms with E-state index >= 15 is 0 Å². The maximum Gasteiger partial charge on any atom is 0.250 e. The Bertz CT molecular complexity index is 601. The second-order valence-corrected chi connectivity index (χ2v) is 6.14. The molecule has 8 nitrogen and oxygen atoms in total. The number of amides is 2. The number of nitrogens with two attached hydrogens (primary N) is 1. The third-order valence-corrected chi connectivity index (χ3v) is 4.59. The van der Waals surface area contributed by atoms with Crippen LogP contribution in [0.4, 0.5) is 5.69 Å². The molecule has 2 unspecified atom stereocenters. The quantitative estimate of drug-likeness (QED) is 0.733. The number of hydrogen-bond acceptors (Lipinski definition) is 5. The van der Waals surface area contributed by atoms with Gasteiger partial charge < -0.3 is 15.7 Å². The summed E-state index contributed by atoms with van der Waals surface area (Å²) in [6.45, 7) is 1.28. The molecule has 0 spiro atoms. The van der Waals surface area contributed by atoms with Gasteiger partial charge in [-0.05, 0) is 19.3 Å². The molecule has 0 aliphatic carbocycles. The van der Waals surface area contributed by atoms with Gasteiger partial charge in [0.1, 0.15) is 0 Å². The van der Waals surface area contributed by atoms with Crippen molar-refractivity contribution >= 4 is 17.5 Å². The monoisotopic (exact) mass is 307 g/mol. The highest BCUT2D eigenvalue weighted by molar-refractivity contribution is 5.97. The summed E-state index contributed by atoms with van der Waals surface area (Å²) in [4.78, 5) is 27.7. The first-order valence-electron chi connectivity index (χ1n) is 7.47. The normalized spacial score (nSPS) is 30.0. The van der Waals surface area contributed by atoms with Gasteiger partial charge >= 0.3 is 0 Å². The van der Waals surface area contributed by atoms with Crippen LogP contribution < -0.4 is 10.6 Å². The van der Waals surface area contributed by atoms with Crippen LogP contribution in [-0.4, -0.2) is 62.9 Å². The highest BCUT2D eigenvalue weighted by Gasteiger charge is 2.46. The minimum absolute atomic E-state index is 0.00651. The van der Waals surface area contributed by atoms with Crippen LogP contribution in [0, 0.1) is 0 Å². The summed E-state index contributed by atoms with van der Waals surface area (Å²) in [5, 5.41) is 14.3.